The van der Waals surface area contributed by atoms with E-state index < -0.39 is 0 Å². The first kappa shape index (κ1) is 12.9. The standard InChI is InChI=1S/C14H16N4OS/c1-8-7-10(5-6-11(8)19-4)18-13-12(15-14(18)20)9(2)16-17(13)3/h5-7H,1-4H3,(H,15,20). The number of benzene rings is 1. The fraction of sp³-hybridized carbons (Fsp3) is 0.286. The molecule has 0 radical (unpaired) electrons. The normalized spacial score (nSPS) is 11.2. The van der Waals surface area contributed by atoms with Crippen molar-refractivity contribution in [2.75, 3.05) is 7.11 Å². The van der Waals surface area contributed by atoms with E-state index in [1.54, 1.807) is 7.11 Å². The number of aromatic nitrogens is 4. The van der Waals surface area contributed by atoms with Gasteiger partial charge in [0.25, 0.3) is 0 Å². The lowest BCUT2D eigenvalue weighted by Gasteiger charge is -2.09. The molecule has 0 saturated carbocycles. The molecule has 104 valence electrons. The van der Waals surface area contributed by atoms with Gasteiger partial charge in [-0.2, -0.15) is 5.10 Å². The highest BCUT2D eigenvalue weighted by Gasteiger charge is 2.14. The highest BCUT2D eigenvalue weighted by atomic mass is 32.1. The minimum absolute atomic E-state index is 0.667. The Morgan fingerprint density at radius 2 is 2.05 bits per heavy atom. The summed E-state index contributed by atoms with van der Waals surface area (Å²) in [7, 11) is 3.59. The van der Waals surface area contributed by atoms with Crippen molar-refractivity contribution >= 4 is 23.4 Å². The Kier molecular flexibility index (Phi) is 2.90. The minimum Gasteiger partial charge on any atom is -0.496 e. The Hall–Kier alpha value is -2.08. The second-order valence-corrected chi connectivity index (χ2v) is 5.21. The lowest BCUT2D eigenvalue weighted by molar-refractivity contribution is 0.411. The maximum absolute atomic E-state index is 5.45. The van der Waals surface area contributed by atoms with Crippen molar-refractivity contribution in [3.63, 3.8) is 0 Å². The summed E-state index contributed by atoms with van der Waals surface area (Å²) in [4.78, 5) is 3.23. The second-order valence-electron chi connectivity index (χ2n) is 4.83. The molecule has 0 saturated heterocycles. The summed E-state index contributed by atoms with van der Waals surface area (Å²) in [5.74, 6) is 0.869. The van der Waals surface area contributed by atoms with Crippen LogP contribution in [0.15, 0.2) is 18.2 Å². The number of H-pyrrole nitrogens is 1. The molecule has 0 atom stereocenters. The number of hydrogen-bond donors (Lipinski definition) is 1. The van der Waals surface area contributed by atoms with Crippen molar-refractivity contribution in [2.45, 2.75) is 13.8 Å². The Morgan fingerprint density at radius 1 is 1.30 bits per heavy atom. The Bertz CT molecular complexity index is 856. The lowest BCUT2D eigenvalue weighted by atomic mass is 10.2. The molecule has 0 unspecified atom stereocenters. The predicted molar refractivity (Wildman–Crippen MR) is 81.3 cm³/mol. The zero-order chi connectivity index (χ0) is 14.4. The van der Waals surface area contributed by atoms with Crippen LogP contribution >= 0.6 is 12.2 Å². The van der Waals surface area contributed by atoms with Crippen LogP contribution in [0.5, 0.6) is 5.75 Å². The summed E-state index contributed by atoms with van der Waals surface area (Å²) in [5, 5.41) is 4.43. The summed E-state index contributed by atoms with van der Waals surface area (Å²) >= 11 is 5.45. The molecule has 0 aliphatic rings. The molecule has 2 heterocycles. The molecule has 0 amide bonds. The molecule has 20 heavy (non-hydrogen) atoms. The fourth-order valence-electron chi connectivity index (χ4n) is 2.55. The van der Waals surface area contributed by atoms with E-state index in [4.69, 9.17) is 17.0 Å². The van der Waals surface area contributed by atoms with Gasteiger partial charge in [-0.15, -0.1) is 0 Å². The third-order valence-electron chi connectivity index (χ3n) is 3.48. The van der Waals surface area contributed by atoms with Crippen molar-refractivity contribution in [3.8, 4) is 11.4 Å². The van der Waals surface area contributed by atoms with Crippen molar-refractivity contribution in [3.05, 3.63) is 34.2 Å². The van der Waals surface area contributed by atoms with Gasteiger partial charge in [-0.1, -0.05) is 0 Å². The van der Waals surface area contributed by atoms with Crippen LogP contribution in [0.25, 0.3) is 16.9 Å². The van der Waals surface area contributed by atoms with Gasteiger partial charge in [0.1, 0.15) is 11.3 Å². The van der Waals surface area contributed by atoms with E-state index in [-0.39, 0.29) is 0 Å². The number of fused-ring (bicyclic) bond motifs is 1. The van der Waals surface area contributed by atoms with E-state index in [2.05, 4.69) is 16.1 Å². The molecule has 0 bridgehead atoms. The molecule has 2 aromatic heterocycles. The Balaban J connectivity index is 2.32. The molecule has 3 rings (SSSR count). The number of hydrogen-bond acceptors (Lipinski definition) is 3. The summed E-state index contributed by atoms with van der Waals surface area (Å²) in [6.07, 6.45) is 0. The van der Waals surface area contributed by atoms with Gasteiger partial charge < -0.3 is 9.72 Å². The molecular weight excluding hydrogens is 272 g/mol. The Morgan fingerprint density at radius 3 is 2.70 bits per heavy atom. The first-order valence-corrected chi connectivity index (χ1v) is 6.73. The topological polar surface area (TPSA) is 47.8 Å². The summed E-state index contributed by atoms with van der Waals surface area (Å²) < 4.78 is 9.81. The van der Waals surface area contributed by atoms with E-state index >= 15 is 0 Å². The highest BCUT2D eigenvalue weighted by Crippen LogP contribution is 2.25. The van der Waals surface area contributed by atoms with Gasteiger partial charge in [0.15, 0.2) is 10.4 Å². The molecule has 1 aromatic carbocycles. The zero-order valence-corrected chi connectivity index (χ0v) is 12.7. The molecule has 1 N–H and O–H groups in total. The van der Waals surface area contributed by atoms with E-state index in [1.807, 2.05) is 42.3 Å². The third-order valence-corrected chi connectivity index (χ3v) is 3.76. The molecule has 0 aliphatic heterocycles. The van der Waals surface area contributed by atoms with Gasteiger partial charge in [0.2, 0.25) is 0 Å². The van der Waals surface area contributed by atoms with Gasteiger partial charge in [-0.25, -0.2) is 4.68 Å². The number of aromatic amines is 1. The maximum atomic E-state index is 5.45. The predicted octanol–water partition coefficient (Wildman–Crippen LogP) is 3.05. The summed E-state index contributed by atoms with van der Waals surface area (Å²) in [5.41, 5.74) is 4.96. The van der Waals surface area contributed by atoms with Gasteiger partial charge in [0, 0.05) is 7.05 Å². The minimum atomic E-state index is 0.667. The van der Waals surface area contributed by atoms with Crippen LogP contribution in [0.4, 0.5) is 0 Å². The quantitative estimate of drug-likeness (QED) is 0.737. The number of nitrogens with one attached hydrogen (secondary N) is 1. The number of ether oxygens (including phenoxy) is 1. The summed E-state index contributed by atoms with van der Waals surface area (Å²) in [6, 6.07) is 6.01. The van der Waals surface area contributed by atoms with Crippen LogP contribution in [0.3, 0.4) is 0 Å². The van der Waals surface area contributed by atoms with Crippen molar-refractivity contribution in [1.29, 1.82) is 0 Å². The lowest BCUT2D eigenvalue weighted by Crippen LogP contribution is -2.01. The van der Waals surface area contributed by atoms with Crippen LogP contribution in [0, 0.1) is 18.6 Å². The number of rotatable bonds is 2. The molecule has 3 aromatic rings. The van der Waals surface area contributed by atoms with Crippen LogP contribution in [0.1, 0.15) is 11.3 Å². The number of aryl methyl sites for hydroxylation is 3. The van der Waals surface area contributed by atoms with Crippen molar-refractivity contribution in [2.24, 2.45) is 7.05 Å². The number of imidazole rings is 1. The van der Waals surface area contributed by atoms with Gasteiger partial charge >= 0.3 is 0 Å². The molecule has 0 aliphatic carbocycles. The van der Waals surface area contributed by atoms with E-state index in [1.165, 1.54) is 0 Å². The van der Waals surface area contributed by atoms with Crippen LogP contribution in [0.2, 0.25) is 0 Å². The fourth-order valence-corrected chi connectivity index (χ4v) is 2.84. The molecule has 5 nitrogen and oxygen atoms in total. The van der Waals surface area contributed by atoms with Gasteiger partial charge in [-0.05, 0) is 49.8 Å². The molecular formula is C14H16N4OS. The van der Waals surface area contributed by atoms with Crippen molar-refractivity contribution in [1.82, 2.24) is 19.3 Å². The maximum Gasteiger partial charge on any atom is 0.184 e. The first-order chi connectivity index (χ1) is 9.52. The number of nitrogens with zero attached hydrogens (tertiary/aromatic N) is 3. The van der Waals surface area contributed by atoms with Gasteiger partial charge in [0.05, 0.1) is 18.5 Å². The second kappa shape index (κ2) is 4.49. The van der Waals surface area contributed by atoms with Crippen LogP contribution in [-0.2, 0) is 7.05 Å². The summed E-state index contributed by atoms with van der Waals surface area (Å²) in [6.45, 7) is 3.99. The largest absolute Gasteiger partial charge is 0.496 e. The molecule has 0 fully saturated rings. The number of methoxy groups -OCH3 is 1. The first-order valence-electron chi connectivity index (χ1n) is 6.32. The van der Waals surface area contributed by atoms with Gasteiger partial charge in [-0.3, -0.25) is 4.57 Å². The van der Waals surface area contributed by atoms with E-state index in [0.29, 0.717) is 4.77 Å². The average Bonchev–Trinajstić information content (AvgIpc) is 2.88. The molecule has 0 spiro atoms. The Labute approximate surface area is 121 Å². The smallest absolute Gasteiger partial charge is 0.184 e. The van der Waals surface area contributed by atoms with Crippen LogP contribution < -0.4 is 4.74 Å². The van der Waals surface area contributed by atoms with Crippen LogP contribution in [-0.4, -0.2) is 26.4 Å². The third kappa shape index (κ3) is 1.76. The monoisotopic (exact) mass is 288 g/mol. The molecule has 6 heteroatoms. The van der Waals surface area contributed by atoms with E-state index in [0.717, 1.165) is 33.9 Å². The zero-order valence-electron chi connectivity index (χ0n) is 11.9. The van der Waals surface area contributed by atoms with E-state index in [9.17, 15) is 0 Å². The highest BCUT2D eigenvalue weighted by molar-refractivity contribution is 7.71. The SMILES string of the molecule is COc1ccc(-n2c(=S)[nH]c3c(C)nn(C)c32)cc1C. The van der Waals surface area contributed by atoms with Crippen molar-refractivity contribution < 1.29 is 4.74 Å². The average molecular weight is 288 g/mol.